The van der Waals surface area contributed by atoms with E-state index < -0.39 is 17.6 Å². The fraction of sp³-hybridized carbons (Fsp3) is 0.389. The highest BCUT2D eigenvalue weighted by atomic mass is 19.4. The number of nitrogens with two attached hydrogens (primary N) is 1. The average Bonchev–Trinajstić information content (AvgIpc) is 3.07. The number of nitrogens with one attached hydrogen (secondary N) is 1. The second-order valence-electron chi connectivity index (χ2n) is 6.93. The molecule has 10 heteroatoms. The molecule has 0 aliphatic heterocycles. The lowest BCUT2D eigenvalue weighted by molar-refractivity contribution is -0.137. The van der Waals surface area contributed by atoms with Gasteiger partial charge in [0.05, 0.1) is 23.7 Å². The molecule has 0 radical (unpaired) electrons. The molecule has 3 N–H and O–H groups in total. The summed E-state index contributed by atoms with van der Waals surface area (Å²) in [5.41, 5.74) is 5.31. The van der Waals surface area contributed by atoms with Crippen LogP contribution >= 0.6 is 0 Å². The van der Waals surface area contributed by atoms with E-state index in [2.05, 4.69) is 20.3 Å². The molecule has 148 valence electrons. The number of halogens is 4. The van der Waals surface area contributed by atoms with Crippen LogP contribution in [0.25, 0.3) is 17.0 Å². The molecule has 0 spiro atoms. The van der Waals surface area contributed by atoms with E-state index in [4.69, 9.17) is 5.73 Å². The lowest BCUT2D eigenvalue weighted by Gasteiger charge is -2.26. The maximum atomic E-state index is 14.4. The molecular weight excluding hydrogens is 376 g/mol. The largest absolute Gasteiger partial charge is 0.417 e. The van der Waals surface area contributed by atoms with Gasteiger partial charge in [0.15, 0.2) is 5.82 Å². The molecule has 1 fully saturated rings. The number of imidazole rings is 1. The summed E-state index contributed by atoms with van der Waals surface area (Å²) in [5, 5.41) is 3.16. The second kappa shape index (κ2) is 7.01. The van der Waals surface area contributed by atoms with Gasteiger partial charge in [0.25, 0.3) is 0 Å². The van der Waals surface area contributed by atoms with Gasteiger partial charge < -0.3 is 11.1 Å². The van der Waals surface area contributed by atoms with Gasteiger partial charge in [-0.25, -0.2) is 19.3 Å². The summed E-state index contributed by atoms with van der Waals surface area (Å²) in [4.78, 5) is 12.2. The van der Waals surface area contributed by atoms with Crippen LogP contribution in [0.3, 0.4) is 0 Å². The summed E-state index contributed by atoms with van der Waals surface area (Å²) in [6.45, 7) is 0. The van der Waals surface area contributed by atoms with Gasteiger partial charge in [0, 0.05) is 18.3 Å². The van der Waals surface area contributed by atoms with Crippen molar-refractivity contribution in [2.45, 2.75) is 43.9 Å². The monoisotopic (exact) mass is 394 g/mol. The van der Waals surface area contributed by atoms with E-state index >= 15 is 0 Å². The molecule has 3 aromatic rings. The summed E-state index contributed by atoms with van der Waals surface area (Å²) in [5.74, 6) is -0.519. The zero-order valence-corrected chi connectivity index (χ0v) is 14.7. The van der Waals surface area contributed by atoms with Crippen LogP contribution in [0.15, 0.2) is 30.7 Å². The smallest absolute Gasteiger partial charge is 0.351 e. The highest BCUT2D eigenvalue weighted by Gasteiger charge is 2.31. The second-order valence-corrected chi connectivity index (χ2v) is 6.93. The number of hydrogen-bond acceptors (Lipinski definition) is 5. The van der Waals surface area contributed by atoms with Crippen LogP contribution in [0, 0.1) is 5.82 Å². The Labute approximate surface area is 157 Å². The SMILES string of the molecule is NC1CCC(Nc2ncc(F)c(-c3cnc4ccc(C(F)(F)F)cn34)n2)CC1. The molecule has 6 nitrogen and oxygen atoms in total. The van der Waals surface area contributed by atoms with Gasteiger partial charge in [0.1, 0.15) is 11.3 Å². The zero-order chi connectivity index (χ0) is 19.9. The number of pyridine rings is 1. The Morgan fingerprint density at radius 3 is 2.54 bits per heavy atom. The molecule has 4 rings (SSSR count). The molecule has 1 aliphatic carbocycles. The van der Waals surface area contributed by atoms with Gasteiger partial charge in [-0.15, -0.1) is 0 Å². The van der Waals surface area contributed by atoms with Gasteiger partial charge >= 0.3 is 6.18 Å². The summed E-state index contributed by atoms with van der Waals surface area (Å²) < 4.78 is 54.7. The number of rotatable bonds is 3. The van der Waals surface area contributed by atoms with Gasteiger partial charge in [0.2, 0.25) is 5.95 Å². The minimum absolute atomic E-state index is 0.114. The first kappa shape index (κ1) is 18.6. The lowest BCUT2D eigenvalue weighted by Crippen LogP contribution is -2.33. The molecule has 0 unspecified atom stereocenters. The minimum Gasteiger partial charge on any atom is -0.351 e. The van der Waals surface area contributed by atoms with Crippen molar-refractivity contribution in [1.82, 2.24) is 19.4 Å². The number of alkyl halides is 3. The van der Waals surface area contributed by atoms with Crippen molar-refractivity contribution in [3.63, 3.8) is 0 Å². The van der Waals surface area contributed by atoms with Crippen LogP contribution in [0.5, 0.6) is 0 Å². The van der Waals surface area contributed by atoms with E-state index in [0.29, 0.717) is 0 Å². The maximum absolute atomic E-state index is 14.4. The summed E-state index contributed by atoms with van der Waals surface area (Å²) >= 11 is 0. The van der Waals surface area contributed by atoms with Crippen molar-refractivity contribution in [3.05, 3.63) is 42.1 Å². The highest BCUT2D eigenvalue weighted by molar-refractivity contribution is 5.62. The third-order valence-corrected chi connectivity index (χ3v) is 4.92. The summed E-state index contributed by atoms with van der Waals surface area (Å²) in [6, 6.07) is 2.47. The van der Waals surface area contributed by atoms with Crippen LogP contribution in [0.4, 0.5) is 23.5 Å². The van der Waals surface area contributed by atoms with Crippen molar-refractivity contribution in [2.24, 2.45) is 5.73 Å². The third-order valence-electron chi connectivity index (χ3n) is 4.92. The Morgan fingerprint density at radius 2 is 1.82 bits per heavy atom. The Hall–Kier alpha value is -2.75. The molecule has 3 aromatic heterocycles. The van der Waals surface area contributed by atoms with E-state index in [-0.39, 0.29) is 35.1 Å². The van der Waals surface area contributed by atoms with Crippen molar-refractivity contribution in [3.8, 4) is 11.4 Å². The van der Waals surface area contributed by atoms with E-state index in [9.17, 15) is 17.6 Å². The third kappa shape index (κ3) is 3.64. The quantitative estimate of drug-likeness (QED) is 0.663. The van der Waals surface area contributed by atoms with Crippen molar-refractivity contribution in [1.29, 1.82) is 0 Å². The number of hydrogen-bond donors (Lipinski definition) is 2. The zero-order valence-electron chi connectivity index (χ0n) is 14.7. The predicted octanol–water partition coefficient (Wildman–Crippen LogP) is 3.63. The minimum atomic E-state index is -4.52. The molecule has 0 amide bonds. The Kier molecular flexibility index (Phi) is 4.66. The first-order chi connectivity index (χ1) is 13.3. The fourth-order valence-electron chi connectivity index (χ4n) is 3.39. The lowest BCUT2D eigenvalue weighted by atomic mass is 9.92. The molecule has 0 atom stereocenters. The molecule has 0 saturated heterocycles. The maximum Gasteiger partial charge on any atom is 0.417 e. The molecule has 3 heterocycles. The van der Waals surface area contributed by atoms with Crippen molar-refractivity contribution >= 4 is 11.6 Å². The summed E-state index contributed by atoms with van der Waals surface area (Å²) in [6.07, 6.45) is 2.11. The number of nitrogens with zero attached hydrogens (tertiary/aromatic N) is 4. The molecule has 1 saturated carbocycles. The molecule has 28 heavy (non-hydrogen) atoms. The fourth-order valence-corrected chi connectivity index (χ4v) is 3.39. The van der Waals surface area contributed by atoms with E-state index in [1.54, 1.807) is 0 Å². The Morgan fingerprint density at radius 1 is 1.07 bits per heavy atom. The molecular formula is C18H18F4N6. The van der Waals surface area contributed by atoms with Crippen molar-refractivity contribution < 1.29 is 17.6 Å². The molecule has 0 aromatic carbocycles. The van der Waals surface area contributed by atoms with Crippen LogP contribution in [0.2, 0.25) is 0 Å². The van der Waals surface area contributed by atoms with Crippen molar-refractivity contribution in [2.75, 3.05) is 5.32 Å². The average molecular weight is 394 g/mol. The first-order valence-corrected chi connectivity index (χ1v) is 8.90. The number of fused-ring (bicyclic) bond motifs is 1. The van der Waals surface area contributed by atoms with Gasteiger partial charge in [-0.05, 0) is 37.8 Å². The number of aromatic nitrogens is 4. The van der Waals surface area contributed by atoms with E-state index in [1.165, 1.54) is 16.7 Å². The van der Waals surface area contributed by atoms with Gasteiger partial charge in [-0.3, -0.25) is 4.40 Å². The predicted molar refractivity (Wildman–Crippen MR) is 95.0 cm³/mol. The Balaban J connectivity index is 1.69. The van der Waals surface area contributed by atoms with Crippen LogP contribution < -0.4 is 11.1 Å². The first-order valence-electron chi connectivity index (χ1n) is 8.90. The van der Waals surface area contributed by atoms with Gasteiger partial charge in [-0.1, -0.05) is 0 Å². The van der Waals surface area contributed by atoms with E-state index in [1.807, 2.05) is 0 Å². The van der Waals surface area contributed by atoms with Crippen LogP contribution in [-0.2, 0) is 6.18 Å². The molecule has 1 aliphatic rings. The standard InChI is InChI=1S/C18H18F4N6/c19-13-7-25-17(26-12-4-2-11(23)3-5-12)27-16(13)14-8-24-15-6-1-10(9-28(14)15)18(20,21)22/h1,6-9,11-12H,2-5,23H2,(H,25,26,27). The Bertz CT molecular complexity index is 991. The normalized spacial score (nSPS) is 20.5. The number of anilines is 1. The topological polar surface area (TPSA) is 81.1 Å². The highest BCUT2D eigenvalue weighted by Crippen LogP contribution is 2.31. The molecule has 0 bridgehead atoms. The van der Waals surface area contributed by atoms with Gasteiger partial charge in [-0.2, -0.15) is 13.2 Å². The van der Waals surface area contributed by atoms with Crippen LogP contribution in [-0.4, -0.2) is 31.4 Å². The van der Waals surface area contributed by atoms with Crippen LogP contribution in [0.1, 0.15) is 31.2 Å². The van der Waals surface area contributed by atoms with E-state index in [0.717, 1.165) is 44.1 Å². The summed E-state index contributed by atoms with van der Waals surface area (Å²) in [7, 11) is 0.